The zero-order valence-electron chi connectivity index (χ0n) is 8.63. The highest BCUT2D eigenvalue weighted by Crippen LogP contribution is 2.24. The molecular formula is C9H15N3O3S. The molecule has 0 spiro atoms. The summed E-state index contributed by atoms with van der Waals surface area (Å²) in [7, 11) is -4.32. The van der Waals surface area contributed by atoms with Gasteiger partial charge in [0.15, 0.2) is 0 Å². The van der Waals surface area contributed by atoms with E-state index in [2.05, 4.69) is 0 Å². The summed E-state index contributed by atoms with van der Waals surface area (Å²) in [5.41, 5.74) is 17.1. The molecule has 0 radical (unpaired) electrons. The van der Waals surface area contributed by atoms with Crippen LogP contribution < -0.4 is 17.2 Å². The fourth-order valence-electron chi connectivity index (χ4n) is 1.42. The van der Waals surface area contributed by atoms with E-state index < -0.39 is 16.2 Å². The van der Waals surface area contributed by atoms with Gasteiger partial charge in [0.25, 0.3) is 10.1 Å². The van der Waals surface area contributed by atoms with Crippen molar-refractivity contribution in [1.29, 1.82) is 0 Å². The van der Waals surface area contributed by atoms with Crippen molar-refractivity contribution in [1.82, 2.24) is 0 Å². The average molecular weight is 245 g/mol. The van der Waals surface area contributed by atoms with Gasteiger partial charge < -0.3 is 17.2 Å². The van der Waals surface area contributed by atoms with Crippen LogP contribution in [0.4, 0.5) is 5.69 Å². The molecule has 16 heavy (non-hydrogen) atoms. The van der Waals surface area contributed by atoms with Gasteiger partial charge in [0.2, 0.25) is 0 Å². The molecule has 1 unspecified atom stereocenters. The van der Waals surface area contributed by atoms with E-state index in [1.165, 1.54) is 18.2 Å². The Bertz CT molecular complexity index is 473. The molecule has 0 bridgehead atoms. The molecule has 0 aliphatic rings. The summed E-state index contributed by atoms with van der Waals surface area (Å²) in [6.07, 6.45) is 0.423. The second-order valence-corrected chi connectivity index (χ2v) is 4.85. The number of benzene rings is 1. The summed E-state index contributed by atoms with van der Waals surface area (Å²) >= 11 is 0. The summed E-state index contributed by atoms with van der Waals surface area (Å²) in [6, 6.07) is 3.66. The van der Waals surface area contributed by atoms with Crippen LogP contribution >= 0.6 is 0 Å². The Labute approximate surface area is 94.2 Å². The first-order valence-corrected chi connectivity index (χ1v) is 6.13. The van der Waals surface area contributed by atoms with E-state index in [0.29, 0.717) is 18.5 Å². The summed E-state index contributed by atoms with van der Waals surface area (Å²) in [6.45, 7) is 0.330. The van der Waals surface area contributed by atoms with Crippen LogP contribution in [0.1, 0.15) is 18.0 Å². The highest BCUT2D eigenvalue weighted by molar-refractivity contribution is 7.85. The lowest BCUT2D eigenvalue weighted by Gasteiger charge is -2.14. The molecule has 1 aromatic carbocycles. The minimum atomic E-state index is -4.32. The first-order chi connectivity index (χ1) is 7.36. The van der Waals surface area contributed by atoms with Crippen molar-refractivity contribution < 1.29 is 13.0 Å². The van der Waals surface area contributed by atoms with E-state index in [9.17, 15) is 8.42 Å². The predicted octanol–water partition coefficient (Wildman–Crippen LogP) is -0.136. The number of nitrogens with two attached hydrogens (primary N) is 3. The minimum absolute atomic E-state index is 0.247. The van der Waals surface area contributed by atoms with E-state index in [0.717, 1.165) is 0 Å². The van der Waals surface area contributed by atoms with Gasteiger partial charge in [-0.1, -0.05) is 6.07 Å². The zero-order chi connectivity index (χ0) is 12.3. The Kier molecular flexibility index (Phi) is 3.87. The molecule has 0 heterocycles. The minimum Gasteiger partial charge on any atom is -0.399 e. The maximum atomic E-state index is 11.1. The average Bonchev–Trinajstić information content (AvgIpc) is 2.16. The fourth-order valence-corrected chi connectivity index (χ4v) is 2.22. The number of hydrogen-bond acceptors (Lipinski definition) is 5. The van der Waals surface area contributed by atoms with Crippen molar-refractivity contribution in [3.63, 3.8) is 0 Å². The molecule has 0 amide bonds. The molecule has 7 N–H and O–H groups in total. The molecule has 0 aromatic heterocycles. The monoisotopic (exact) mass is 245 g/mol. The molecular weight excluding hydrogens is 230 g/mol. The van der Waals surface area contributed by atoms with Gasteiger partial charge in [-0.25, -0.2) is 0 Å². The molecule has 90 valence electrons. The summed E-state index contributed by atoms with van der Waals surface area (Å²) in [5, 5.41) is 0. The molecule has 0 saturated heterocycles. The molecule has 0 aliphatic carbocycles. The summed E-state index contributed by atoms with van der Waals surface area (Å²) < 4.78 is 31.3. The van der Waals surface area contributed by atoms with Crippen molar-refractivity contribution in [2.75, 3.05) is 12.3 Å². The summed E-state index contributed by atoms with van der Waals surface area (Å²) in [4.78, 5) is -0.256. The molecule has 6 nitrogen and oxygen atoms in total. The maximum absolute atomic E-state index is 11.1. The zero-order valence-corrected chi connectivity index (χ0v) is 9.44. The Morgan fingerprint density at radius 3 is 2.50 bits per heavy atom. The number of rotatable bonds is 4. The highest BCUT2D eigenvalue weighted by atomic mass is 32.2. The fraction of sp³-hybridized carbons (Fsp3) is 0.333. The third kappa shape index (κ3) is 2.92. The van der Waals surface area contributed by atoms with Crippen LogP contribution in [-0.2, 0) is 10.1 Å². The van der Waals surface area contributed by atoms with E-state index in [1.807, 2.05) is 0 Å². The van der Waals surface area contributed by atoms with E-state index in [4.69, 9.17) is 21.8 Å². The molecule has 0 aliphatic heterocycles. The van der Waals surface area contributed by atoms with Crippen molar-refractivity contribution in [2.45, 2.75) is 17.4 Å². The van der Waals surface area contributed by atoms with Gasteiger partial charge in [-0.2, -0.15) is 8.42 Å². The van der Waals surface area contributed by atoms with E-state index >= 15 is 0 Å². The maximum Gasteiger partial charge on any atom is 0.294 e. The predicted molar refractivity (Wildman–Crippen MR) is 61.3 cm³/mol. The van der Waals surface area contributed by atoms with Crippen molar-refractivity contribution >= 4 is 15.8 Å². The van der Waals surface area contributed by atoms with Crippen molar-refractivity contribution in [2.24, 2.45) is 11.5 Å². The topological polar surface area (TPSA) is 132 Å². The van der Waals surface area contributed by atoms with Gasteiger partial charge in [-0.05, 0) is 30.7 Å². The van der Waals surface area contributed by atoms with Crippen LogP contribution in [0.3, 0.4) is 0 Å². The first-order valence-electron chi connectivity index (χ1n) is 4.69. The highest BCUT2D eigenvalue weighted by Gasteiger charge is 2.19. The Morgan fingerprint density at radius 2 is 2.00 bits per heavy atom. The number of anilines is 1. The van der Waals surface area contributed by atoms with Crippen molar-refractivity contribution in [3.8, 4) is 0 Å². The lowest BCUT2D eigenvalue weighted by Crippen LogP contribution is -2.18. The van der Waals surface area contributed by atoms with E-state index in [-0.39, 0.29) is 10.6 Å². The summed E-state index contributed by atoms with van der Waals surface area (Å²) in [5.74, 6) is 0. The molecule has 1 aromatic rings. The van der Waals surface area contributed by atoms with Gasteiger partial charge in [0.1, 0.15) is 4.90 Å². The van der Waals surface area contributed by atoms with E-state index in [1.54, 1.807) is 0 Å². The number of hydrogen-bond donors (Lipinski definition) is 4. The Balaban J connectivity index is 3.29. The first kappa shape index (κ1) is 12.9. The van der Waals surface area contributed by atoms with Gasteiger partial charge in [-0.3, -0.25) is 4.55 Å². The molecule has 7 heteroatoms. The van der Waals surface area contributed by atoms with Gasteiger partial charge in [0, 0.05) is 11.7 Å². The van der Waals surface area contributed by atoms with Crippen LogP contribution in [-0.4, -0.2) is 19.5 Å². The van der Waals surface area contributed by atoms with Gasteiger partial charge in [-0.15, -0.1) is 0 Å². The normalized spacial score (nSPS) is 13.7. The van der Waals surface area contributed by atoms with Crippen LogP contribution in [0.25, 0.3) is 0 Å². The Hall–Kier alpha value is -1.15. The van der Waals surface area contributed by atoms with Crippen LogP contribution in [0, 0.1) is 0 Å². The lowest BCUT2D eigenvalue weighted by atomic mass is 10.0. The molecule has 1 rings (SSSR count). The molecule has 0 fully saturated rings. The van der Waals surface area contributed by atoms with Crippen molar-refractivity contribution in [3.05, 3.63) is 23.8 Å². The third-order valence-electron chi connectivity index (χ3n) is 2.19. The van der Waals surface area contributed by atoms with Crippen LogP contribution in [0.15, 0.2) is 23.1 Å². The van der Waals surface area contributed by atoms with Gasteiger partial charge >= 0.3 is 0 Å². The largest absolute Gasteiger partial charge is 0.399 e. The second kappa shape index (κ2) is 4.79. The number of nitrogen functional groups attached to an aromatic ring is 1. The third-order valence-corrected chi connectivity index (χ3v) is 3.10. The molecule has 0 saturated carbocycles. The Morgan fingerprint density at radius 1 is 1.38 bits per heavy atom. The standard InChI is InChI=1S/C9H15N3O3S/c10-4-3-8(12)7-2-1-6(11)5-9(7)16(13,14)15/h1-2,5,8H,3-4,10-12H2,(H,13,14,15). The smallest absolute Gasteiger partial charge is 0.294 e. The SMILES string of the molecule is NCCC(N)c1ccc(N)cc1S(=O)(=O)O. The second-order valence-electron chi connectivity index (χ2n) is 3.46. The lowest BCUT2D eigenvalue weighted by molar-refractivity contribution is 0.480. The van der Waals surface area contributed by atoms with Crippen LogP contribution in [0.5, 0.6) is 0 Å². The molecule has 1 atom stereocenters. The van der Waals surface area contributed by atoms with Crippen LogP contribution in [0.2, 0.25) is 0 Å². The quantitative estimate of drug-likeness (QED) is 0.431. The van der Waals surface area contributed by atoms with Gasteiger partial charge in [0.05, 0.1) is 0 Å².